The zero-order valence-electron chi connectivity index (χ0n) is 13.4. The SMILES string of the molecule is CC1(C)CCC2=C(C1=O)C(c1cccc(F)c1)C1=C(CCS1)N2. The van der Waals surface area contributed by atoms with Gasteiger partial charge in [0.15, 0.2) is 5.78 Å². The van der Waals surface area contributed by atoms with Gasteiger partial charge in [-0.15, -0.1) is 11.8 Å². The third kappa shape index (κ3) is 2.35. The van der Waals surface area contributed by atoms with Crippen molar-refractivity contribution in [3.05, 3.63) is 57.5 Å². The lowest BCUT2D eigenvalue weighted by Gasteiger charge is -2.39. The maximum Gasteiger partial charge on any atom is 0.167 e. The fourth-order valence-corrected chi connectivity index (χ4v) is 5.07. The summed E-state index contributed by atoms with van der Waals surface area (Å²) in [6, 6.07) is 6.73. The second-order valence-electron chi connectivity index (χ2n) is 7.16. The van der Waals surface area contributed by atoms with Crippen LogP contribution in [0.1, 0.15) is 44.6 Å². The van der Waals surface area contributed by atoms with Crippen LogP contribution in [0.4, 0.5) is 4.39 Å². The van der Waals surface area contributed by atoms with E-state index in [1.807, 2.05) is 19.9 Å². The van der Waals surface area contributed by atoms with E-state index in [-0.39, 0.29) is 22.9 Å². The summed E-state index contributed by atoms with van der Waals surface area (Å²) < 4.78 is 13.8. The molecule has 4 rings (SSSR count). The molecular formula is C19H20FNOS. The third-order valence-electron chi connectivity index (χ3n) is 5.13. The summed E-state index contributed by atoms with van der Waals surface area (Å²) in [6.07, 6.45) is 2.75. The van der Waals surface area contributed by atoms with E-state index in [9.17, 15) is 9.18 Å². The first-order valence-electron chi connectivity index (χ1n) is 8.13. The molecule has 2 nitrogen and oxygen atoms in total. The molecule has 0 saturated heterocycles. The number of hydrogen-bond donors (Lipinski definition) is 1. The van der Waals surface area contributed by atoms with E-state index < -0.39 is 0 Å². The van der Waals surface area contributed by atoms with Crippen LogP contribution in [0.25, 0.3) is 0 Å². The van der Waals surface area contributed by atoms with Crippen molar-refractivity contribution >= 4 is 17.5 Å². The Labute approximate surface area is 140 Å². The number of ketones is 1. The molecule has 120 valence electrons. The minimum Gasteiger partial charge on any atom is -0.361 e. The molecule has 2 aliphatic heterocycles. The number of nitrogens with one attached hydrogen (secondary N) is 1. The molecule has 0 bridgehead atoms. The van der Waals surface area contributed by atoms with Crippen LogP contribution in [-0.4, -0.2) is 11.5 Å². The van der Waals surface area contributed by atoms with Gasteiger partial charge in [0.1, 0.15) is 5.82 Å². The second kappa shape index (κ2) is 5.23. The van der Waals surface area contributed by atoms with Gasteiger partial charge in [0, 0.05) is 39.0 Å². The first kappa shape index (κ1) is 15.0. The highest BCUT2D eigenvalue weighted by atomic mass is 32.2. The predicted octanol–water partition coefficient (Wildman–Crippen LogP) is 4.50. The molecule has 1 aliphatic carbocycles. The summed E-state index contributed by atoms with van der Waals surface area (Å²) >= 11 is 1.80. The van der Waals surface area contributed by atoms with Gasteiger partial charge in [0.25, 0.3) is 0 Å². The topological polar surface area (TPSA) is 29.1 Å². The summed E-state index contributed by atoms with van der Waals surface area (Å²) in [5, 5.41) is 3.52. The van der Waals surface area contributed by atoms with Crippen molar-refractivity contribution in [1.29, 1.82) is 0 Å². The molecule has 0 saturated carbocycles. The van der Waals surface area contributed by atoms with Gasteiger partial charge in [0.05, 0.1) is 0 Å². The Bertz CT molecular complexity index is 762. The molecule has 23 heavy (non-hydrogen) atoms. The first-order valence-corrected chi connectivity index (χ1v) is 9.12. The molecule has 4 heteroatoms. The number of carbonyl (C=O) groups is 1. The molecule has 0 spiro atoms. The van der Waals surface area contributed by atoms with Crippen molar-refractivity contribution in [3.63, 3.8) is 0 Å². The quantitative estimate of drug-likeness (QED) is 0.822. The molecule has 1 unspecified atom stereocenters. The van der Waals surface area contributed by atoms with Crippen LogP contribution in [0.5, 0.6) is 0 Å². The van der Waals surface area contributed by atoms with Crippen LogP contribution in [0.3, 0.4) is 0 Å². The molecule has 0 fully saturated rings. The van der Waals surface area contributed by atoms with Crippen molar-refractivity contribution in [3.8, 4) is 0 Å². The largest absolute Gasteiger partial charge is 0.361 e. The van der Waals surface area contributed by atoms with E-state index >= 15 is 0 Å². The first-order chi connectivity index (χ1) is 11.0. The van der Waals surface area contributed by atoms with Crippen LogP contribution in [0.15, 0.2) is 46.1 Å². The van der Waals surface area contributed by atoms with Crippen LogP contribution >= 0.6 is 11.8 Å². The normalized spacial score (nSPS) is 26.0. The van der Waals surface area contributed by atoms with E-state index in [1.54, 1.807) is 23.9 Å². The minimum absolute atomic E-state index is 0.100. The van der Waals surface area contributed by atoms with Gasteiger partial charge >= 0.3 is 0 Å². The number of hydrogen-bond acceptors (Lipinski definition) is 3. The van der Waals surface area contributed by atoms with E-state index in [1.165, 1.54) is 16.7 Å². The zero-order valence-corrected chi connectivity index (χ0v) is 14.2. The van der Waals surface area contributed by atoms with Crippen molar-refractivity contribution in [1.82, 2.24) is 5.32 Å². The smallest absolute Gasteiger partial charge is 0.167 e. The highest BCUT2D eigenvalue weighted by Gasteiger charge is 2.44. The van der Waals surface area contributed by atoms with Gasteiger partial charge in [-0.2, -0.15) is 0 Å². The summed E-state index contributed by atoms with van der Waals surface area (Å²) in [5.74, 6) is 0.897. The molecular weight excluding hydrogens is 309 g/mol. The summed E-state index contributed by atoms with van der Waals surface area (Å²) in [5.41, 5.74) is 3.71. The number of carbonyl (C=O) groups excluding carboxylic acids is 1. The Morgan fingerprint density at radius 2 is 2.09 bits per heavy atom. The van der Waals surface area contributed by atoms with Crippen molar-refractivity contribution in [2.75, 3.05) is 5.75 Å². The number of thioether (sulfide) groups is 1. The Morgan fingerprint density at radius 1 is 1.26 bits per heavy atom. The average Bonchev–Trinajstić information content (AvgIpc) is 2.97. The summed E-state index contributed by atoms with van der Waals surface area (Å²) in [4.78, 5) is 14.3. The lowest BCUT2D eigenvalue weighted by molar-refractivity contribution is -0.124. The molecule has 3 aliphatic rings. The van der Waals surface area contributed by atoms with E-state index in [4.69, 9.17) is 0 Å². The standard InChI is InChI=1S/C19H20FNOS/c1-19(2)8-6-13-16(18(19)22)15(11-4-3-5-12(20)10-11)17-14(21-13)7-9-23-17/h3-5,10,15,21H,6-9H2,1-2H3. The molecule has 1 atom stereocenters. The van der Waals surface area contributed by atoms with E-state index in [2.05, 4.69) is 5.32 Å². The van der Waals surface area contributed by atoms with Gasteiger partial charge < -0.3 is 5.32 Å². The number of allylic oxidation sites excluding steroid dienone is 4. The molecule has 1 N–H and O–H groups in total. The highest BCUT2D eigenvalue weighted by Crippen LogP contribution is 2.52. The monoisotopic (exact) mass is 329 g/mol. The number of dihydropyridines is 1. The molecule has 0 amide bonds. The molecule has 1 aromatic rings. The van der Waals surface area contributed by atoms with Crippen LogP contribution in [-0.2, 0) is 4.79 Å². The average molecular weight is 329 g/mol. The predicted molar refractivity (Wildman–Crippen MR) is 91.4 cm³/mol. The third-order valence-corrected chi connectivity index (χ3v) is 6.33. The molecule has 1 aromatic carbocycles. The van der Waals surface area contributed by atoms with Gasteiger partial charge in [-0.25, -0.2) is 4.39 Å². The molecule has 2 heterocycles. The van der Waals surface area contributed by atoms with Crippen LogP contribution < -0.4 is 5.32 Å². The van der Waals surface area contributed by atoms with Gasteiger partial charge in [-0.3, -0.25) is 4.79 Å². The fourth-order valence-electron chi connectivity index (χ4n) is 3.79. The Balaban J connectivity index is 1.89. The Kier molecular flexibility index (Phi) is 3.41. The fraction of sp³-hybridized carbons (Fsp3) is 0.421. The van der Waals surface area contributed by atoms with Crippen molar-refractivity contribution in [2.45, 2.75) is 39.0 Å². The van der Waals surface area contributed by atoms with Gasteiger partial charge in [-0.1, -0.05) is 26.0 Å². The number of halogens is 1. The summed E-state index contributed by atoms with van der Waals surface area (Å²) in [7, 11) is 0. The highest BCUT2D eigenvalue weighted by molar-refractivity contribution is 8.03. The van der Waals surface area contributed by atoms with Crippen molar-refractivity contribution in [2.24, 2.45) is 5.41 Å². The van der Waals surface area contributed by atoms with Crippen molar-refractivity contribution < 1.29 is 9.18 Å². The minimum atomic E-state index is -0.340. The maximum atomic E-state index is 13.8. The van der Waals surface area contributed by atoms with Gasteiger partial charge in [-0.05, 0) is 37.0 Å². The molecule has 0 radical (unpaired) electrons. The number of benzene rings is 1. The van der Waals surface area contributed by atoms with Crippen LogP contribution in [0, 0.1) is 11.2 Å². The lowest BCUT2D eigenvalue weighted by atomic mass is 9.69. The van der Waals surface area contributed by atoms with Crippen LogP contribution in [0.2, 0.25) is 0 Å². The van der Waals surface area contributed by atoms with Gasteiger partial charge in [0.2, 0.25) is 0 Å². The number of Topliss-reactive ketones (excluding diaryl/α,β-unsaturated/α-hetero) is 1. The zero-order chi connectivity index (χ0) is 16.2. The molecule has 0 aromatic heterocycles. The second-order valence-corrected chi connectivity index (χ2v) is 8.30. The Morgan fingerprint density at radius 3 is 2.87 bits per heavy atom. The lowest BCUT2D eigenvalue weighted by Crippen LogP contribution is -2.38. The summed E-state index contributed by atoms with van der Waals surface area (Å²) in [6.45, 7) is 4.04. The number of rotatable bonds is 1. The van der Waals surface area contributed by atoms with E-state index in [0.29, 0.717) is 0 Å². The maximum absolute atomic E-state index is 13.8. The van der Waals surface area contributed by atoms with E-state index in [0.717, 1.165) is 41.8 Å². The Hall–Kier alpha value is -1.55.